The Morgan fingerprint density at radius 2 is 1.28 bits per heavy atom. The first kappa shape index (κ1) is 31.0. The molecule has 1 saturated heterocycles. The van der Waals surface area contributed by atoms with Crippen LogP contribution in [0.25, 0.3) is 11.1 Å². The second kappa shape index (κ2) is 16.4. The van der Waals surface area contributed by atoms with Crippen molar-refractivity contribution in [3.8, 4) is 16.9 Å². The first-order valence-corrected chi connectivity index (χ1v) is 16.2. The molecule has 0 unspecified atom stereocenters. The maximum Gasteiger partial charge on any atom is 0.119 e. The zero-order chi connectivity index (χ0) is 29.7. The van der Waals surface area contributed by atoms with Gasteiger partial charge in [0.05, 0.1) is 6.61 Å². The van der Waals surface area contributed by atoms with E-state index in [1.54, 1.807) is 0 Å². The fourth-order valence-electron chi connectivity index (χ4n) is 6.17. The molecule has 0 spiro atoms. The van der Waals surface area contributed by atoms with E-state index in [4.69, 9.17) is 9.84 Å². The zero-order valence-corrected chi connectivity index (χ0v) is 25.8. The summed E-state index contributed by atoms with van der Waals surface area (Å²) in [6.45, 7) is 7.88. The largest absolute Gasteiger partial charge is 0.491 e. The normalized spacial score (nSPS) is 14.3. The van der Waals surface area contributed by atoms with Crippen LogP contribution in [0.3, 0.4) is 0 Å². The third-order valence-corrected chi connectivity index (χ3v) is 8.69. The Morgan fingerprint density at radius 3 is 1.88 bits per heavy atom. The van der Waals surface area contributed by atoms with Gasteiger partial charge >= 0.3 is 0 Å². The Bertz CT molecular complexity index is 1330. The van der Waals surface area contributed by atoms with Gasteiger partial charge in [0.2, 0.25) is 0 Å². The number of hydrogen-bond acceptors (Lipinski definition) is 4. The number of likely N-dealkylation sites (tertiary alicyclic amines) is 1. The molecule has 43 heavy (non-hydrogen) atoms. The van der Waals surface area contributed by atoms with Crippen molar-refractivity contribution in [3.05, 3.63) is 125 Å². The maximum atomic E-state index is 9.00. The van der Waals surface area contributed by atoms with E-state index in [1.165, 1.54) is 71.9 Å². The molecule has 226 valence electrons. The minimum Gasteiger partial charge on any atom is -0.491 e. The molecule has 4 aromatic carbocycles. The van der Waals surface area contributed by atoms with Gasteiger partial charge in [0.25, 0.3) is 0 Å². The summed E-state index contributed by atoms with van der Waals surface area (Å²) in [5.41, 5.74) is 8.01. The van der Waals surface area contributed by atoms with Crippen LogP contribution in [0.1, 0.15) is 61.3 Å². The smallest absolute Gasteiger partial charge is 0.119 e. The molecule has 0 aromatic heterocycles. The van der Waals surface area contributed by atoms with Crippen LogP contribution in [0.4, 0.5) is 0 Å². The van der Waals surface area contributed by atoms with Crippen LogP contribution < -0.4 is 4.74 Å². The summed E-state index contributed by atoms with van der Waals surface area (Å²) in [5, 5.41) is 9.00. The van der Waals surface area contributed by atoms with Crippen molar-refractivity contribution in [1.82, 2.24) is 9.80 Å². The lowest BCUT2D eigenvalue weighted by Gasteiger charge is -2.39. The van der Waals surface area contributed by atoms with Crippen molar-refractivity contribution in [2.24, 2.45) is 0 Å². The van der Waals surface area contributed by atoms with Crippen molar-refractivity contribution in [2.75, 3.05) is 26.3 Å². The first-order chi connectivity index (χ1) is 21.2. The lowest BCUT2D eigenvalue weighted by atomic mass is 9.99. The van der Waals surface area contributed by atoms with Crippen molar-refractivity contribution in [1.29, 1.82) is 0 Å². The molecule has 4 nitrogen and oxygen atoms in total. The highest BCUT2D eigenvalue weighted by Crippen LogP contribution is 2.26. The second-order valence-electron chi connectivity index (χ2n) is 12.0. The molecule has 0 amide bonds. The lowest BCUT2D eigenvalue weighted by molar-refractivity contribution is 0.0933. The molecule has 0 atom stereocenters. The molecular formula is C39H48N2O2. The minimum absolute atomic E-state index is 0.0252. The molecule has 1 fully saturated rings. The van der Waals surface area contributed by atoms with E-state index in [0.29, 0.717) is 12.6 Å². The quantitative estimate of drug-likeness (QED) is 0.145. The zero-order valence-electron chi connectivity index (χ0n) is 25.8. The van der Waals surface area contributed by atoms with Gasteiger partial charge in [0.15, 0.2) is 0 Å². The predicted octanol–water partition coefficient (Wildman–Crippen LogP) is 8.12. The van der Waals surface area contributed by atoms with Crippen molar-refractivity contribution in [3.63, 3.8) is 0 Å². The summed E-state index contributed by atoms with van der Waals surface area (Å²) < 4.78 is 5.52. The summed E-state index contributed by atoms with van der Waals surface area (Å²) in [5.74, 6) is 0.786. The van der Waals surface area contributed by atoms with E-state index in [2.05, 4.69) is 108 Å². The average Bonchev–Trinajstić information content (AvgIpc) is 3.06. The van der Waals surface area contributed by atoms with Crippen molar-refractivity contribution < 1.29 is 9.84 Å². The minimum atomic E-state index is 0.0252. The number of benzene rings is 4. The molecule has 0 aliphatic carbocycles. The molecule has 5 rings (SSSR count). The average molecular weight is 577 g/mol. The number of unbranched alkanes of at least 4 members (excludes halogenated alkanes) is 2. The summed E-state index contributed by atoms with van der Waals surface area (Å²) >= 11 is 0. The van der Waals surface area contributed by atoms with Gasteiger partial charge in [0, 0.05) is 25.7 Å². The van der Waals surface area contributed by atoms with Crippen molar-refractivity contribution >= 4 is 0 Å². The Kier molecular flexibility index (Phi) is 11.8. The third-order valence-electron chi connectivity index (χ3n) is 8.69. The molecule has 0 bridgehead atoms. The van der Waals surface area contributed by atoms with Crippen molar-refractivity contribution in [2.45, 2.75) is 71.1 Å². The van der Waals surface area contributed by atoms with Gasteiger partial charge in [0.1, 0.15) is 12.4 Å². The first-order valence-electron chi connectivity index (χ1n) is 16.2. The van der Waals surface area contributed by atoms with E-state index in [9.17, 15) is 0 Å². The molecule has 4 heteroatoms. The molecule has 4 aromatic rings. The van der Waals surface area contributed by atoms with Gasteiger partial charge in [-0.25, -0.2) is 0 Å². The number of hydrogen-bond donors (Lipinski definition) is 1. The summed E-state index contributed by atoms with van der Waals surface area (Å²) in [4.78, 5) is 5.33. The number of piperidine rings is 1. The number of aryl methyl sites for hydroxylation is 1. The van der Waals surface area contributed by atoms with Gasteiger partial charge in [-0.15, -0.1) is 0 Å². The molecule has 0 radical (unpaired) electrons. The van der Waals surface area contributed by atoms with Crippen LogP contribution in [-0.4, -0.2) is 47.3 Å². The molecule has 1 aliphatic heterocycles. The van der Waals surface area contributed by atoms with Gasteiger partial charge in [-0.05, 0) is 84.3 Å². The monoisotopic (exact) mass is 576 g/mol. The van der Waals surface area contributed by atoms with Crippen LogP contribution in [0.2, 0.25) is 0 Å². The lowest BCUT2D eigenvalue weighted by Crippen LogP contribution is -2.44. The van der Waals surface area contributed by atoms with Gasteiger partial charge in [-0.3, -0.25) is 9.80 Å². The van der Waals surface area contributed by atoms with Crippen LogP contribution in [0, 0.1) is 0 Å². The number of rotatable bonds is 15. The van der Waals surface area contributed by atoms with Crippen LogP contribution in [-0.2, 0) is 26.1 Å². The van der Waals surface area contributed by atoms with Gasteiger partial charge in [-0.1, -0.05) is 111 Å². The molecule has 0 saturated carbocycles. The van der Waals surface area contributed by atoms with Crippen LogP contribution in [0.5, 0.6) is 5.75 Å². The van der Waals surface area contributed by atoms with Crippen LogP contribution >= 0.6 is 0 Å². The molecular weight excluding hydrogens is 528 g/mol. The number of ether oxygens (including phenoxy) is 1. The highest BCUT2D eigenvalue weighted by atomic mass is 16.5. The van der Waals surface area contributed by atoms with E-state index < -0.39 is 0 Å². The van der Waals surface area contributed by atoms with E-state index in [-0.39, 0.29) is 6.61 Å². The summed E-state index contributed by atoms with van der Waals surface area (Å²) in [7, 11) is 0. The Hall–Kier alpha value is -3.44. The number of nitrogens with zero attached hydrogens (tertiary/aromatic N) is 2. The fraction of sp³-hybridized carbons (Fsp3) is 0.385. The number of aliphatic hydroxyl groups excluding tert-OH is 1. The summed E-state index contributed by atoms with van der Waals surface area (Å²) in [6.07, 6.45) is 7.44. The van der Waals surface area contributed by atoms with E-state index in [0.717, 1.165) is 38.5 Å². The molecule has 1 aliphatic rings. The second-order valence-corrected chi connectivity index (χ2v) is 12.0. The van der Waals surface area contributed by atoms with E-state index in [1.807, 2.05) is 12.1 Å². The van der Waals surface area contributed by atoms with Gasteiger partial charge < -0.3 is 9.84 Å². The highest BCUT2D eigenvalue weighted by Gasteiger charge is 2.25. The number of aliphatic hydroxyl groups is 1. The summed E-state index contributed by atoms with van der Waals surface area (Å²) in [6, 6.07) is 38.0. The Morgan fingerprint density at radius 1 is 0.698 bits per heavy atom. The highest BCUT2D eigenvalue weighted by molar-refractivity contribution is 5.64. The standard InChI is InChI=1S/C39H48N2O2/c1-2-3-5-8-32-11-13-34(14-12-32)30-41(38-23-25-40(26-24-38)29-33-9-6-4-7-10-33)31-35-15-17-36(18-16-35)37-19-21-39(22-20-37)43-28-27-42/h4,6-7,9-22,38,42H,2-3,5,8,23-31H2,1H3. The molecule has 1 heterocycles. The fourth-order valence-corrected chi connectivity index (χ4v) is 6.17. The van der Waals surface area contributed by atoms with Gasteiger partial charge in [-0.2, -0.15) is 0 Å². The Labute approximate surface area is 258 Å². The predicted molar refractivity (Wildman–Crippen MR) is 178 cm³/mol. The Balaban J connectivity index is 1.25. The van der Waals surface area contributed by atoms with Crippen LogP contribution in [0.15, 0.2) is 103 Å². The topological polar surface area (TPSA) is 35.9 Å². The maximum absolute atomic E-state index is 9.00. The van der Waals surface area contributed by atoms with E-state index >= 15 is 0 Å². The SMILES string of the molecule is CCCCCc1ccc(CN(Cc2ccc(-c3ccc(OCCO)cc3)cc2)C2CCN(Cc3ccccc3)CC2)cc1. The third kappa shape index (κ3) is 9.53. The molecule has 1 N–H and O–H groups in total.